The number of benzene rings is 3. The van der Waals surface area contributed by atoms with Crippen LogP contribution in [0.15, 0.2) is 102 Å². The second kappa shape index (κ2) is 17.3. The number of ketones is 2. The van der Waals surface area contributed by atoms with Crippen molar-refractivity contribution in [3.8, 4) is 0 Å². The molecule has 3 fully saturated rings. The summed E-state index contributed by atoms with van der Waals surface area (Å²) in [7, 11) is 1.36. The van der Waals surface area contributed by atoms with Gasteiger partial charge in [-0.25, -0.2) is 4.79 Å². The summed E-state index contributed by atoms with van der Waals surface area (Å²) >= 11 is 0. The number of rotatable bonds is 12. The van der Waals surface area contributed by atoms with E-state index in [4.69, 9.17) is 23.7 Å². The topological polar surface area (TPSA) is 201 Å². The maximum Gasteiger partial charge on any atom is 0.338 e. The van der Waals surface area contributed by atoms with Crippen LogP contribution in [0.25, 0.3) is 0 Å². The van der Waals surface area contributed by atoms with Gasteiger partial charge in [-0.15, -0.1) is 0 Å². The number of esters is 3. The molecule has 0 aromatic heterocycles. The highest BCUT2D eigenvalue weighted by Gasteiger charge is 2.74. The molecule has 62 heavy (non-hydrogen) atoms. The number of fused-ring (bicyclic) bond motifs is 5. The van der Waals surface area contributed by atoms with Crippen molar-refractivity contribution in [1.82, 2.24) is 5.32 Å². The van der Waals surface area contributed by atoms with Crippen LogP contribution in [0.5, 0.6) is 0 Å². The Kier molecular flexibility index (Phi) is 12.4. The van der Waals surface area contributed by atoms with E-state index in [0.717, 1.165) is 6.92 Å². The summed E-state index contributed by atoms with van der Waals surface area (Å²) in [6.45, 7) is 7.06. The number of hydrogen-bond acceptors (Lipinski definition) is 13. The largest absolute Gasteiger partial charge is 0.455 e. The first-order valence-electron chi connectivity index (χ1n) is 20.8. The molecule has 1 saturated heterocycles. The highest BCUT2D eigenvalue weighted by molar-refractivity contribution is 5.96. The molecule has 3 aliphatic carbocycles. The molecule has 3 unspecified atom stereocenters. The highest BCUT2D eigenvalue weighted by Crippen LogP contribution is 2.62. The van der Waals surface area contributed by atoms with Crippen molar-refractivity contribution in [2.75, 3.05) is 13.7 Å². The van der Waals surface area contributed by atoms with Gasteiger partial charge in [-0.05, 0) is 54.7 Å². The van der Waals surface area contributed by atoms with Gasteiger partial charge in [-0.2, -0.15) is 0 Å². The molecule has 1 heterocycles. The Balaban J connectivity index is 1.38. The number of amides is 1. The van der Waals surface area contributed by atoms with E-state index in [9.17, 15) is 34.2 Å². The van der Waals surface area contributed by atoms with E-state index < -0.39 is 106 Å². The molecule has 4 aliphatic rings. The van der Waals surface area contributed by atoms with E-state index >= 15 is 4.79 Å². The van der Waals surface area contributed by atoms with Crippen LogP contribution in [0, 0.1) is 23.2 Å². The lowest BCUT2D eigenvalue weighted by Crippen LogP contribution is -2.79. The average molecular weight is 852 g/mol. The minimum Gasteiger partial charge on any atom is -0.455 e. The van der Waals surface area contributed by atoms with Crippen molar-refractivity contribution in [1.29, 1.82) is 0 Å². The van der Waals surface area contributed by atoms with Crippen LogP contribution in [0.3, 0.4) is 0 Å². The number of hydrogen-bond donors (Lipinski definition) is 3. The zero-order valence-corrected chi connectivity index (χ0v) is 35.6. The molecule has 11 atom stereocenters. The van der Waals surface area contributed by atoms with Crippen LogP contribution < -0.4 is 5.32 Å². The summed E-state index contributed by atoms with van der Waals surface area (Å²) in [5.41, 5.74) is -3.70. The van der Waals surface area contributed by atoms with E-state index in [0.29, 0.717) is 16.7 Å². The van der Waals surface area contributed by atoms with Gasteiger partial charge in [0, 0.05) is 44.8 Å². The van der Waals surface area contributed by atoms with Gasteiger partial charge < -0.3 is 39.2 Å². The van der Waals surface area contributed by atoms with E-state index in [1.54, 1.807) is 99.6 Å². The molecule has 3 aromatic carbocycles. The predicted molar refractivity (Wildman–Crippen MR) is 221 cm³/mol. The Hall–Kier alpha value is -5.54. The lowest BCUT2D eigenvalue weighted by Gasteiger charge is -2.65. The first-order valence-corrected chi connectivity index (χ1v) is 20.8. The van der Waals surface area contributed by atoms with Crippen molar-refractivity contribution in [3.05, 3.63) is 119 Å². The van der Waals surface area contributed by atoms with Crippen LogP contribution in [-0.2, 0) is 42.9 Å². The summed E-state index contributed by atoms with van der Waals surface area (Å²) in [5, 5.41) is 28.6. The third kappa shape index (κ3) is 7.78. The summed E-state index contributed by atoms with van der Waals surface area (Å²) in [6.07, 6.45) is -7.74. The normalized spacial score (nSPS) is 30.7. The van der Waals surface area contributed by atoms with Gasteiger partial charge in [-0.1, -0.05) is 86.2 Å². The fraction of sp³-hybridized carbons (Fsp3) is 0.458. The van der Waals surface area contributed by atoms with Crippen molar-refractivity contribution >= 4 is 35.4 Å². The van der Waals surface area contributed by atoms with E-state index in [2.05, 4.69) is 5.32 Å². The summed E-state index contributed by atoms with van der Waals surface area (Å²) in [5.74, 6) is -7.91. The number of ether oxygens (including phenoxy) is 5. The maximum absolute atomic E-state index is 15.3. The molecule has 1 amide bonds. The van der Waals surface area contributed by atoms with Crippen LogP contribution >= 0.6 is 0 Å². The predicted octanol–water partition coefficient (Wildman–Crippen LogP) is 4.66. The molecule has 2 bridgehead atoms. The number of aliphatic hydroxyl groups excluding tert-OH is 1. The number of allylic oxidation sites excluding steroid dienone is 1. The molecular weight excluding hydrogens is 799 g/mol. The molecule has 14 heteroatoms. The Bertz CT molecular complexity index is 2240. The Labute approximate surface area is 359 Å². The van der Waals surface area contributed by atoms with Crippen molar-refractivity contribution in [2.24, 2.45) is 23.2 Å². The summed E-state index contributed by atoms with van der Waals surface area (Å²) in [4.78, 5) is 83.9. The number of Topliss-reactive ketones (excluding diaryl/α,β-unsaturated/α-hetero) is 2. The van der Waals surface area contributed by atoms with Gasteiger partial charge >= 0.3 is 17.9 Å². The van der Waals surface area contributed by atoms with Crippen LogP contribution in [0.4, 0.5) is 0 Å². The number of methoxy groups -OCH3 is 1. The summed E-state index contributed by atoms with van der Waals surface area (Å²) in [6, 6.07) is 24.4. The fourth-order valence-corrected chi connectivity index (χ4v) is 10.5. The molecule has 3 aromatic rings. The molecule has 2 saturated carbocycles. The molecule has 0 radical (unpaired) electrons. The van der Waals surface area contributed by atoms with Gasteiger partial charge in [-0.3, -0.25) is 24.0 Å². The molecule has 14 nitrogen and oxygen atoms in total. The van der Waals surface area contributed by atoms with Crippen LogP contribution in [-0.4, -0.2) is 101 Å². The second-order valence-corrected chi connectivity index (χ2v) is 17.4. The monoisotopic (exact) mass is 851 g/mol. The van der Waals surface area contributed by atoms with Crippen LogP contribution in [0.1, 0.15) is 86.2 Å². The first-order chi connectivity index (χ1) is 29.4. The van der Waals surface area contributed by atoms with Gasteiger partial charge in [0.15, 0.2) is 23.3 Å². The minimum atomic E-state index is -2.20. The van der Waals surface area contributed by atoms with Gasteiger partial charge in [0.25, 0.3) is 5.91 Å². The van der Waals surface area contributed by atoms with E-state index in [1.807, 2.05) is 0 Å². The Morgan fingerprint density at radius 1 is 0.871 bits per heavy atom. The molecule has 1 aliphatic heterocycles. The molecule has 3 N–H and O–H groups in total. The number of nitrogens with one attached hydrogen (secondary N) is 1. The minimum absolute atomic E-state index is 0.123. The third-order valence-electron chi connectivity index (χ3n) is 13.5. The lowest BCUT2D eigenvalue weighted by atomic mass is 9.47. The molecule has 328 valence electrons. The standard InChI is InChI=1S/C48H53NO13/c1-26-32(22-34(53)41(58-6)39(29-16-10-7-11-17-29)49-44(55)30-18-12-8-13-19-30)24-48(57)43(61-45(56)31-20-14-9-15-21-31)38-36(33(52)23-35-47(38,25-59-35)62-28(3)51)40(54)42(60-27(2)50)37(26)46(48,4)5/h7-21,32-33,35-36,38-39,41-43,52,57H,22-25H2,1-6H3,(H,49,55)/t32-,33-,35+,36?,38?,39?,41-,42+,43-,47-,48+/m0/s1. The van der Waals surface area contributed by atoms with Gasteiger partial charge in [0.2, 0.25) is 0 Å². The lowest BCUT2D eigenvalue weighted by molar-refractivity contribution is -0.331. The zero-order valence-electron chi connectivity index (χ0n) is 35.6. The smallest absolute Gasteiger partial charge is 0.338 e. The van der Waals surface area contributed by atoms with Gasteiger partial charge in [0.1, 0.15) is 23.9 Å². The number of carbonyl (C=O) groups excluding carboxylic acids is 6. The van der Waals surface area contributed by atoms with Crippen molar-refractivity contribution < 1.29 is 62.7 Å². The van der Waals surface area contributed by atoms with Crippen molar-refractivity contribution in [2.45, 2.75) is 102 Å². The highest BCUT2D eigenvalue weighted by atomic mass is 16.6. The maximum atomic E-state index is 15.3. The van der Waals surface area contributed by atoms with E-state index in [1.165, 1.54) is 26.2 Å². The Morgan fingerprint density at radius 3 is 2.02 bits per heavy atom. The number of aliphatic hydroxyl groups is 2. The van der Waals surface area contributed by atoms with Crippen molar-refractivity contribution in [3.63, 3.8) is 0 Å². The fourth-order valence-electron chi connectivity index (χ4n) is 10.5. The molecule has 0 spiro atoms. The average Bonchev–Trinajstić information content (AvgIpc) is 3.24. The molecular formula is C48H53NO13. The second-order valence-electron chi connectivity index (χ2n) is 17.4. The van der Waals surface area contributed by atoms with Gasteiger partial charge in [0.05, 0.1) is 36.2 Å². The van der Waals surface area contributed by atoms with Crippen LogP contribution in [0.2, 0.25) is 0 Å². The SMILES string of the molecule is CO[C@@H](C(=O)C[C@H]1C[C@@]2(O)[C@@H](OC(=O)c3ccccc3)C3C(C(=O)[C@H](OC(C)=O)C(=C1C)C2(C)C)[C@@H](O)C[C@H]1OC[C@@]31OC(C)=O)C(NC(=O)c1ccccc1)c1ccccc1. The quantitative estimate of drug-likeness (QED) is 0.129. The third-order valence-corrected chi connectivity index (χ3v) is 13.5. The zero-order chi connectivity index (χ0) is 44.7. The number of carbonyl (C=O) groups is 6. The first kappa shape index (κ1) is 44.5. The molecule has 7 rings (SSSR count). The van der Waals surface area contributed by atoms with E-state index in [-0.39, 0.29) is 37.0 Å². The Morgan fingerprint density at radius 2 is 1.47 bits per heavy atom. The summed E-state index contributed by atoms with van der Waals surface area (Å²) < 4.78 is 30.2.